The van der Waals surface area contributed by atoms with Crippen molar-refractivity contribution in [3.05, 3.63) is 23.3 Å². The summed E-state index contributed by atoms with van der Waals surface area (Å²) < 4.78 is 5.74. The van der Waals surface area contributed by atoms with E-state index in [0.717, 1.165) is 34.8 Å². The van der Waals surface area contributed by atoms with E-state index < -0.39 is 0 Å². The van der Waals surface area contributed by atoms with Gasteiger partial charge in [0.2, 0.25) is 0 Å². The second-order valence-corrected chi connectivity index (χ2v) is 6.77. The van der Waals surface area contributed by atoms with E-state index in [0.29, 0.717) is 0 Å². The van der Waals surface area contributed by atoms with Crippen molar-refractivity contribution >= 4 is 11.2 Å². The van der Waals surface area contributed by atoms with Crippen molar-refractivity contribution in [1.29, 1.82) is 0 Å². The minimum Gasteiger partial charge on any atom is -0.457 e. The first-order valence-corrected chi connectivity index (χ1v) is 7.52. The van der Waals surface area contributed by atoms with Crippen molar-refractivity contribution < 1.29 is 4.42 Å². The first-order valence-electron chi connectivity index (χ1n) is 7.52. The van der Waals surface area contributed by atoms with Crippen molar-refractivity contribution in [3.63, 3.8) is 0 Å². The lowest BCUT2D eigenvalue weighted by Crippen LogP contribution is -2.16. The molecule has 0 aliphatic heterocycles. The summed E-state index contributed by atoms with van der Waals surface area (Å²) in [5, 5.41) is 0. The van der Waals surface area contributed by atoms with Crippen molar-refractivity contribution in [1.82, 2.24) is 0 Å². The SMILES string of the molecule is Cc1c(CC[C@@H]2CC3CC2C[C@H]3C)c2ccc1o2. The van der Waals surface area contributed by atoms with E-state index in [-0.39, 0.29) is 0 Å². The molecule has 1 heteroatoms. The van der Waals surface area contributed by atoms with E-state index in [2.05, 4.69) is 26.0 Å². The molecule has 2 heterocycles. The molecule has 2 unspecified atom stereocenters. The molecule has 96 valence electrons. The Hall–Kier alpha value is -0.980. The first-order chi connectivity index (χ1) is 8.72. The number of benzene rings is 1. The summed E-state index contributed by atoms with van der Waals surface area (Å²) in [6, 6.07) is 4.24. The summed E-state index contributed by atoms with van der Waals surface area (Å²) in [5.74, 6) is 4.10. The highest BCUT2D eigenvalue weighted by Crippen LogP contribution is 2.53. The molecule has 0 spiro atoms. The summed E-state index contributed by atoms with van der Waals surface area (Å²) >= 11 is 0. The van der Waals surface area contributed by atoms with Crippen LogP contribution in [0.5, 0.6) is 0 Å². The maximum atomic E-state index is 5.74. The van der Waals surface area contributed by atoms with Crippen LogP contribution in [-0.4, -0.2) is 0 Å². The second-order valence-electron chi connectivity index (χ2n) is 6.77. The number of aryl methyl sites for hydroxylation is 2. The van der Waals surface area contributed by atoms with Crippen LogP contribution in [0.1, 0.15) is 43.7 Å². The number of hydrogen-bond acceptors (Lipinski definition) is 1. The maximum absolute atomic E-state index is 5.74. The average molecular weight is 242 g/mol. The third-order valence-electron chi connectivity index (χ3n) is 5.85. The highest BCUT2D eigenvalue weighted by molar-refractivity contribution is 5.71. The minimum absolute atomic E-state index is 1.00. The Balaban J connectivity index is 1.45. The smallest absolute Gasteiger partial charge is 0.131 e. The van der Waals surface area contributed by atoms with E-state index in [1.54, 1.807) is 0 Å². The zero-order chi connectivity index (χ0) is 12.3. The molecule has 2 aromatic rings. The second kappa shape index (κ2) is 3.76. The zero-order valence-corrected chi connectivity index (χ0v) is 11.4. The van der Waals surface area contributed by atoms with Gasteiger partial charge in [0.1, 0.15) is 11.2 Å². The Labute approximate surface area is 109 Å². The molecule has 0 radical (unpaired) electrons. The van der Waals surface area contributed by atoms with Crippen LogP contribution in [-0.2, 0) is 6.42 Å². The number of rotatable bonds is 3. The van der Waals surface area contributed by atoms with Crippen molar-refractivity contribution in [2.75, 3.05) is 0 Å². The van der Waals surface area contributed by atoms with Gasteiger partial charge in [0.05, 0.1) is 0 Å². The Morgan fingerprint density at radius 2 is 1.94 bits per heavy atom. The molecule has 2 saturated carbocycles. The summed E-state index contributed by atoms with van der Waals surface area (Å²) in [4.78, 5) is 0. The van der Waals surface area contributed by atoms with Gasteiger partial charge in [-0.1, -0.05) is 6.92 Å². The fourth-order valence-corrected chi connectivity index (χ4v) is 4.71. The van der Waals surface area contributed by atoms with Crippen LogP contribution in [0.25, 0.3) is 11.2 Å². The van der Waals surface area contributed by atoms with Crippen molar-refractivity contribution in [3.8, 4) is 0 Å². The highest BCUT2D eigenvalue weighted by Gasteiger charge is 2.43. The van der Waals surface area contributed by atoms with Gasteiger partial charge in [0.15, 0.2) is 0 Å². The number of hydrogen-bond donors (Lipinski definition) is 0. The standard InChI is InChI=1S/C17H22O/c1-10-7-14-9-13(10)8-12(14)3-4-15-11(2)16-5-6-17(15)18-16/h5-6,10,12-14H,3-4,7-9H2,1-2H3/t10-,12-,13?,14?/m1/s1. The van der Waals surface area contributed by atoms with E-state index >= 15 is 0 Å². The van der Waals surface area contributed by atoms with Crippen LogP contribution < -0.4 is 0 Å². The first kappa shape index (κ1) is 10.9. The summed E-state index contributed by atoms with van der Waals surface area (Å²) in [6.07, 6.45) is 7.14. The van der Waals surface area contributed by atoms with Gasteiger partial charge in [-0.15, -0.1) is 0 Å². The van der Waals surface area contributed by atoms with E-state index in [1.165, 1.54) is 43.2 Å². The molecule has 0 saturated heterocycles. The van der Waals surface area contributed by atoms with Crippen LogP contribution in [0.15, 0.2) is 16.5 Å². The summed E-state index contributed by atoms with van der Waals surface area (Å²) in [7, 11) is 0. The molecule has 2 aromatic heterocycles. The van der Waals surface area contributed by atoms with E-state index in [9.17, 15) is 0 Å². The molecule has 2 aliphatic rings. The highest BCUT2D eigenvalue weighted by atomic mass is 16.3. The Kier molecular flexibility index (Phi) is 2.27. The van der Waals surface area contributed by atoms with Crippen LogP contribution >= 0.6 is 0 Å². The predicted molar refractivity (Wildman–Crippen MR) is 73.9 cm³/mol. The van der Waals surface area contributed by atoms with Crippen LogP contribution in [0.3, 0.4) is 0 Å². The van der Waals surface area contributed by atoms with Gasteiger partial charge in [0, 0.05) is 5.56 Å². The molecule has 2 aliphatic carbocycles. The maximum Gasteiger partial charge on any atom is 0.131 e. The minimum atomic E-state index is 1.00. The fraction of sp³-hybridized carbons (Fsp3) is 0.647. The molecular formula is C17H22O. The molecule has 4 atom stereocenters. The lowest BCUT2D eigenvalue weighted by molar-refractivity contribution is 0.260. The third-order valence-corrected chi connectivity index (χ3v) is 5.85. The monoisotopic (exact) mass is 242 g/mol. The molecule has 18 heavy (non-hydrogen) atoms. The van der Waals surface area contributed by atoms with E-state index in [4.69, 9.17) is 4.42 Å². The lowest BCUT2D eigenvalue weighted by Gasteiger charge is -2.25. The van der Waals surface area contributed by atoms with Gasteiger partial charge in [-0.25, -0.2) is 0 Å². The van der Waals surface area contributed by atoms with Crippen LogP contribution in [0.4, 0.5) is 0 Å². The quantitative estimate of drug-likeness (QED) is 0.754. The Morgan fingerprint density at radius 3 is 2.56 bits per heavy atom. The van der Waals surface area contributed by atoms with Gasteiger partial charge in [-0.3, -0.25) is 0 Å². The van der Waals surface area contributed by atoms with Gasteiger partial charge in [0.25, 0.3) is 0 Å². The van der Waals surface area contributed by atoms with Crippen molar-refractivity contribution in [2.45, 2.75) is 46.0 Å². The normalized spacial score (nSPS) is 35.0. The van der Waals surface area contributed by atoms with Gasteiger partial charge in [-0.2, -0.15) is 0 Å². The molecule has 4 bridgehead atoms. The lowest BCUT2D eigenvalue weighted by atomic mass is 9.80. The topological polar surface area (TPSA) is 13.1 Å². The number of furan rings is 2. The fourth-order valence-electron chi connectivity index (χ4n) is 4.71. The molecule has 1 nitrogen and oxygen atoms in total. The van der Waals surface area contributed by atoms with Gasteiger partial charge < -0.3 is 4.42 Å². The number of fused-ring (bicyclic) bond motifs is 4. The van der Waals surface area contributed by atoms with Crippen molar-refractivity contribution in [2.24, 2.45) is 23.7 Å². The largest absolute Gasteiger partial charge is 0.457 e. The van der Waals surface area contributed by atoms with Crippen LogP contribution in [0, 0.1) is 30.6 Å². The van der Waals surface area contributed by atoms with Crippen LogP contribution in [0.2, 0.25) is 0 Å². The third kappa shape index (κ3) is 1.46. The predicted octanol–water partition coefficient (Wildman–Crippen LogP) is 4.79. The summed E-state index contributed by atoms with van der Waals surface area (Å²) in [5.41, 5.74) is 5.12. The average Bonchev–Trinajstić information content (AvgIpc) is 3.06. The molecule has 0 N–H and O–H groups in total. The molecule has 2 fully saturated rings. The van der Waals surface area contributed by atoms with Gasteiger partial charge in [-0.05, 0) is 80.4 Å². The molecule has 0 aromatic carbocycles. The zero-order valence-electron chi connectivity index (χ0n) is 11.4. The van der Waals surface area contributed by atoms with Gasteiger partial charge >= 0.3 is 0 Å². The summed E-state index contributed by atoms with van der Waals surface area (Å²) in [6.45, 7) is 4.67. The van der Waals surface area contributed by atoms with E-state index in [1.807, 2.05) is 0 Å². The Morgan fingerprint density at radius 1 is 1.11 bits per heavy atom. The Bertz CT molecular complexity index is 550. The molecule has 0 amide bonds. The molecule has 4 rings (SSSR count). The molecular weight excluding hydrogens is 220 g/mol.